The first-order chi connectivity index (χ1) is 12.0. The molecule has 0 saturated carbocycles. The number of carboxylic acid groups (broad SMARTS) is 1. The van der Waals surface area contributed by atoms with E-state index in [1.54, 1.807) is 25.2 Å². The summed E-state index contributed by atoms with van der Waals surface area (Å²) in [7, 11) is 1.58. The van der Waals surface area contributed by atoms with Crippen LogP contribution in [0.2, 0.25) is 0 Å². The number of fused-ring (bicyclic) bond motifs is 1. The van der Waals surface area contributed by atoms with Crippen LogP contribution in [-0.2, 0) is 23.1 Å². The first-order valence-electron chi connectivity index (χ1n) is 8.42. The third-order valence-electron chi connectivity index (χ3n) is 4.00. The minimum Gasteiger partial charge on any atom is -0.481 e. The number of nitrogens with one attached hydrogen (secondary N) is 1. The third-order valence-corrected chi connectivity index (χ3v) is 4.00. The fourth-order valence-electron chi connectivity index (χ4n) is 2.70. The SMILES string of the molecule is Cn1nc(CC(=O)NCCCCCCC(=O)O)c2ccccc2c1=O. The van der Waals surface area contributed by atoms with Gasteiger partial charge >= 0.3 is 5.97 Å². The molecule has 0 unspecified atom stereocenters. The molecular weight excluding hydrogens is 322 g/mol. The second-order valence-electron chi connectivity index (χ2n) is 6.01. The summed E-state index contributed by atoms with van der Waals surface area (Å²) in [5.74, 6) is -0.910. The molecule has 134 valence electrons. The number of unbranched alkanes of at least 4 members (excludes halogenated alkanes) is 3. The maximum Gasteiger partial charge on any atom is 0.303 e. The van der Waals surface area contributed by atoms with Crippen LogP contribution in [0.1, 0.15) is 37.8 Å². The minimum atomic E-state index is -0.773. The lowest BCUT2D eigenvalue weighted by Crippen LogP contribution is -2.28. The Hall–Kier alpha value is -2.70. The van der Waals surface area contributed by atoms with Crippen molar-refractivity contribution in [1.82, 2.24) is 15.1 Å². The number of aromatic nitrogens is 2. The number of amides is 1. The number of hydrogen-bond acceptors (Lipinski definition) is 4. The van der Waals surface area contributed by atoms with Crippen molar-refractivity contribution in [3.05, 3.63) is 40.3 Å². The van der Waals surface area contributed by atoms with Crippen molar-refractivity contribution >= 4 is 22.6 Å². The zero-order chi connectivity index (χ0) is 18.2. The fraction of sp³-hybridized carbons (Fsp3) is 0.444. The number of carbonyl (C=O) groups excluding carboxylic acids is 1. The third kappa shape index (κ3) is 5.41. The molecule has 0 aliphatic carbocycles. The summed E-state index contributed by atoms with van der Waals surface area (Å²) in [6, 6.07) is 7.15. The normalized spacial score (nSPS) is 10.8. The summed E-state index contributed by atoms with van der Waals surface area (Å²) in [4.78, 5) is 34.6. The Bertz CT molecular complexity index is 814. The van der Waals surface area contributed by atoms with Gasteiger partial charge in [-0.15, -0.1) is 0 Å². The van der Waals surface area contributed by atoms with Crippen molar-refractivity contribution < 1.29 is 14.7 Å². The molecule has 0 radical (unpaired) electrons. The Kier molecular flexibility index (Phi) is 6.68. The van der Waals surface area contributed by atoms with E-state index in [0.29, 0.717) is 29.4 Å². The van der Waals surface area contributed by atoms with E-state index in [1.165, 1.54) is 4.68 Å². The molecular formula is C18H23N3O4. The molecule has 1 aromatic carbocycles. The number of benzene rings is 1. The largest absolute Gasteiger partial charge is 0.481 e. The topological polar surface area (TPSA) is 101 Å². The zero-order valence-corrected chi connectivity index (χ0v) is 14.3. The first-order valence-corrected chi connectivity index (χ1v) is 8.42. The van der Waals surface area contributed by atoms with Crippen molar-refractivity contribution in [1.29, 1.82) is 0 Å². The number of carbonyl (C=O) groups is 2. The molecule has 0 fully saturated rings. The van der Waals surface area contributed by atoms with Crippen LogP contribution in [0.25, 0.3) is 10.8 Å². The van der Waals surface area contributed by atoms with Gasteiger partial charge in [0.2, 0.25) is 5.91 Å². The predicted octanol–water partition coefficient (Wildman–Crippen LogP) is 1.63. The summed E-state index contributed by atoms with van der Waals surface area (Å²) >= 11 is 0. The molecule has 0 aliphatic rings. The fourth-order valence-corrected chi connectivity index (χ4v) is 2.70. The number of carboxylic acids is 1. The van der Waals surface area contributed by atoms with Gasteiger partial charge in [-0.2, -0.15) is 5.10 Å². The molecule has 7 nitrogen and oxygen atoms in total. The Morgan fingerprint density at radius 1 is 1.12 bits per heavy atom. The second-order valence-corrected chi connectivity index (χ2v) is 6.01. The Labute approximate surface area is 145 Å². The van der Waals surface area contributed by atoms with Crippen LogP contribution < -0.4 is 10.9 Å². The summed E-state index contributed by atoms with van der Waals surface area (Å²) < 4.78 is 1.26. The van der Waals surface area contributed by atoms with Gasteiger partial charge in [0.25, 0.3) is 5.56 Å². The molecule has 0 aliphatic heterocycles. The van der Waals surface area contributed by atoms with Gasteiger partial charge in [0.15, 0.2) is 0 Å². The van der Waals surface area contributed by atoms with Crippen molar-refractivity contribution in [3.63, 3.8) is 0 Å². The molecule has 0 spiro atoms. The monoisotopic (exact) mass is 345 g/mol. The van der Waals surface area contributed by atoms with Gasteiger partial charge in [0, 0.05) is 25.4 Å². The van der Waals surface area contributed by atoms with Crippen molar-refractivity contribution in [2.75, 3.05) is 6.54 Å². The van der Waals surface area contributed by atoms with E-state index in [1.807, 2.05) is 6.07 Å². The average molecular weight is 345 g/mol. The number of hydrogen-bond donors (Lipinski definition) is 2. The maximum absolute atomic E-state index is 12.1. The lowest BCUT2D eigenvalue weighted by Gasteiger charge is -2.09. The van der Waals surface area contributed by atoms with E-state index in [-0.39, 0.29) is 24.3 Å². The maximum atomic E-state index is 12.1. The highest BCUT2D eigenvalue weighted by Crippen LogP contribution is 2.13. The summed E-state index contributed by atoms with van der Waals surface area (Å²) in [6.07, 6.45) is 3.51. The summed E-state index contributed by atoms with van der Waals surface area (Å²) in [5.41, 5.74) is 0.401. The van der Waals surface area contributed by atoms with E-state index >= 15 is 0 Å². The highest BCUT2D eigenvalue weighted by Gasteiger charge is 2.11. The second kappa shape index (κ2) is 8.96. The number of aliphatic carboxylic acids is 1. The van der Waals surface area contributed by atoms with Gasteiger partial charge in [-0.3, -0.25) is 14.4 Å². The van der Waals surface area contributed by atoms with Crippen molar-refractivity contribution in [2.24, 2.45) is 7.05 Å². The quantitative estimate of drug-likeness (QED) is 0.673. The molecule has 0 bridgehead atoms. The first kappa shape index (κ1) is 18.6. The Morgan fingerprint density at radius 3 is 2.52 bits per heavy atom. The van der Waals surface area contributed by atoms with Crippen molar-refractivity contribution in [3.8, 4) is 0 Å². The lowest BCUT2D eigenvalue weighted by atomic mass is 10.1. The van der Waals surface area contributed by atoms with E-state index < -0.39 is 5.97 Å². The molecule has 2 N–H and O–H groups in total. The number of rotatable bonds is 9. The van der Waals surface area contributed by atoms with E-state index in [0.717, 1.165) is 19.3 Å². The van der Waals surface area contributed by atoms with Crippen LogP contribution in [0, 0.1) is 0 Å². The molecule has 0 saturated heterocycles. The van der Waals surface area contributed by atoms with Crippen LogP contribution in [0.15, 0.2) is 29.1 Å². The highest BCUT2D eigenvalue weighted by atomic mass is 16.4. The van der Waals surface area contributed by atoms with Gasteiger partial charge in [-0.1, -0.05) is 31.0 Å². The summed E-state index contributed by atoms with van der Waals surface area (Å²) in [6.45, 7) is 0.551. The van der Waals surface area contributed by atoms with Gasteiger partial charge in [-0.25, -0.2) is 4.68 Å². The molecule has 1 heterocycles. The highest BCUT2D eigenvalue weighted by molar-refractivity contribution is 5.88. The molecule has 1 aromatic heterocycles. The van der Waals surface area contributed by atoms with Gasteiger partial charge in [0.05, 0.1) is 17.5 Å². The minimum absolute atomic E-state index is 0.119. The van der Waals surface area contributed by atoms with Crippen LogP contribution in [0.4, 0.5) is 0 Å². The standard InChI is InChI=1S/C18H23N3O4/c1-21-18(25)14-9-6-5-8-13(14)15(20-21)12-16(22)19-11-7-3-2-4-10-17(23)24/h5-6,8-9H,2-4,7,10-12H2,1H3,(H,19,22)(H,23,24). The van der Waals surface area contributed by atoms with Gasteiger partial charge < -0.3 is 10.4 Å². The molecule has 2 rings (SSSR count). The molecule has 0 atom stereocenters. The average Bonchev–Trinajstić information content (AvgIpc) is 2.58. The van der Waals surface area contributed by atoms with Crippen LogP contribution in [-0.4, -0.2) is 33.3 Å². The molecule has 7 heteroatoms. The van der Waals surface area contributed by atoms with Crippen LogP contribution >= 0.6 is 0 Å². The van der Waals surface area contributed by atoms with Crippen molar-refractivity contribution in [2.45, 2.75) is 38.5 Å². The summed E-state index contributed by atoms with van der Waals surface area (Å²) in [5, 5.41) is 16.9. The molecule has 25 heavy (non-hydrogen) atoms. The number of aryl methyl sites for hydroxylation is 1. The van der Waals surface area contributed by atoms with E-state index in [4.69, 9.17) is 5.11 Å². The van der Waals surface area contributed by atoms with Crippen LogP contribution in [0.5, 0.6) is 0 Å². The van der Waals surface area contributed by atoms with Gasteiger partial charge in [-0.05, 0) is 18.9 Å². The Morgan fingerprint density at radius 2 is 1.80 bits per heavy atom. The van der Waals surface area contributed by atoms with E-state index in [2.05, 4.69) is 10.4 Å². The van der Waals surface area contributed by atoms with Gasteiger partial charge in [0.1, 0.15) is 0 Å². The van der Waals surface area contributed by atoms with E-state index in [9.17, 15) is 14.4 Å². The molecule has 2 aromatic rings. The smallest absolute Gasteiger partial charge is 0.303 e. The Balaban J connectivity index is 1.85. The molecule has 1 amide bonds. The van der Waals surface area contributed by atoms with Crippen LogP contribution in [0.3, 0.4) is 0 Å². The predicted molar refractivity (Wildman–Crippen MR) is 94.4 cm³/mol. The lowest BCUT2D eigenvalue weighted by molar-refractivity contribution is -0.137. The zero-order valence-electron chi connectivity index (χ0n) is 14.3. The number of nitrogens with zero attached hydrogens (tertiary/aromatic N) is 2.